The number of nitrogens with one attached hydrogen (secondary N) is 1. The Hall–Kier alpha value is -0.470. The number of hydrogen-bond donors (Lipinski definition) is 1. The third kappa shape index (κ3) is 4.04. The first-order valence-corrected chi connectivity index (χ1v) is 9.71. The molecule has 21 heavy (non-hydrogen) atoms. The molecule has 1 N–H and O–H groups in total. The van der Waals surface area contributed by atoms with Gasteiger partial charge in [-0.2, -0.15) is 4.31 Å². The van der Waals surface area contributed by atoms with E-state index < -0.39 is 10.0 Å². The summed E-state index contributed by atoms with van der Waals surface area (Å²) in [6.07, 6.45) is 2.76. The van der Waals surface area contributed by atoms with E-state index in [1.54, 1.807) is 17.5 Å². The highest BCUT2D eigenvalue weighted by molar-refractivity contribution is 7.89. The van der Waals surface area contributed by atoms with Crippen LogP contribution in [0.3, 0.4) is 0 Å². The number of rotatable bonds is 7. The van der Waals surface area contributed by atoms with E-state index >= 15 is 0 Å². The molecule has 0 amide bonds. The molecule has 0 aromatic carbocycles. The summed E-state index contributed by atoms with van der Waals surface area (Å²) >= 11 is 1.50. The van der Waals surface area contributed by atoms with Crippen LogP contribution in [0.1, 0.15) is 31.1 Å². The van der Waals surface area contributed by atoms with Gasteiger partial charge in [0, 0.05) is 31.6 Å². The van der Waals surface area contributed by atoms with Crippen molar-refractivity contribution in [2.45, 2.75) is 43.7 Å². The van der Waals surface area contributed by atoms with Crippen molar-refractivity contribution < 1.29 is 13.2 Å². The molecule has 0 atom stereocenters. The monoisotopic (exact) mass is 332 g/mol. The fraction of sp³-hybridized carbons (Fsp3) is 0.714. The van der Waals surface area contributed by atoms with Gasteiger partial charge < -0.3 is 10.1 Å². The molecule has 0 radical (unpaired) electrons. The molecule has 1 aliphatic heterocycles. The van der Waals surface area contributed by atoms with Crippen LogP contribution < -0.4 is 5.32 Å². The lowest BCUT2D eigenvalue weighted by molar-refractivity contribution is 0.0604. The number of piperidine rings is 1. The Labute approximate surface area is 131 Å². The SMILES string of the molecule is CCCNCc1sccc1S(=O)(=O)N1CCC(OC)CC1. The number of methoxy groups -OCH3 is 1. The van der Waals surface area contributed by atoms with Crippen molar-refractivity contribution >= 4 is 21.4 Å². The van der Waals surface area contributed by atoms with Gasteiger partial charge >= 0.3 is 0 Å². The normalized spacial score (nSPS) is 18.2. The lowest BCUT2D eigenvalue weighted by atomic mass is 10.1. The molecule has 1 saturated heterocycles. The van der Waals surface area contributed by atoms with Gasteiger partial charge in [-0.1, -0.05) is 6.92 Å². The summed E-state index contributed by atoms with van der Waals surface area (Å²) in [6.45, 7) is 4.70. The molecule has 0 aliphatic carbocycles. The molecule has 2 heterocycles. The number of nitrogens with zero attached hydrogens (tertiary/aromatic N) is 1. The molecule has 0 unspecified atom stereocenters. The largest absolute Gasteiger partial charge is 0.381 e. The van der Waals surface area contributed by atoms with Crippen LogP contribution >= 0.6 is 11.3 Å². The van der Waals surface area contributed by atoms with Gasteiger partial charge in [0.1, 0.15) is 0 Å². The van der Waals surface area contributed by atoms with Crippen LogP contribution in [0.25, 0.3) is 0 Å². The van der Waals surface area contributed by atoms with Gasteiger partial charge in [0.05, 0.1) is 11.0 Å². The van der Waals surface area contributed by atoms with Crippen molar-refractivity contribution in [2.24, 2.45) is 0 Å². The molecule has 1 aromatic heterocycles. The predicted octanol–water partition coefficient (Wildman–Crippen LogP) is 2.05. The summed E-state index contributed by atoms with van der Waals surface area (Å²) in [5.41, 5.74) is 0. The van der Waals surface area contributed by atoms with Crippen LogP contribution in [-0.2, 0) is 21.3 Å². The Bertz CT molecular complexity index is 534. The Balaban J connectivity index is 2.08. The summed E-state index contributed by atoms with van der Waals surface area (Å²) in [7, 11) is -1.68. The maximum absolute atomic E-state index is 12.8. The van der Waals surface area contributed by atoms with Crippen molar-refractivity contribution in [2.75, 3.05) is 26.7 Å². The third-order valence-electron chi connectivity index (χ3n) is 3.77. The van der Waals surface area contributed by atoms with Crippen molar-refractivity contribution in [1.29, 1.82) is 0 Å². The number of thiophene rings is 1. The van der Waals surface area contributed by atoms with Crippen LogP contribution in [0.5, 0.6) is 0 Å². The first-order valence-electron chi connectivity index (χ1n) is 7.39. The summed E-state index contributed by atoms with van der Waals surface area (Å²) in [5, 5.41) is 5.14. The summed E-state index contributed by atoms with van der Waals surface area (Å²) < 4.78 is 32.4. The lowest BCUT2D eigenvalue weighted by Crippen LogP contribution is -2.40. The van der Waals surface area contributed by atoms with Crippen LogP contribution in [-0.4, -0.2) is 45.6 Å². The van der Waals surface area contributed by atoms with Crippen molar-refractivity contribution in [3.63, 3.8) is 0 Å². The minimum Gasteiger partial charge on any atom is -0.381 e. The van der Waals surface area contributed by atoms with Gasteiger partial charge in [-0.15, -0.1) is 11.3 Å². The molecule has 5 nitrogen and oxygen atoms in total. The topological polar surface area (TPSA) is 58.6 Å². The van der Waals surface area contributed by atoms with E-state index in [0.29, 0.717) is 24.5 Å². The van der Waals surface area contributed by atoms with Gasteiger partial charge in [-0.25, -0.2) is 8.42 Å². The first kappa shape index (κ1) is 16.9. The molecule has 0 saturated carbocycles. The Morgan fingerprint density at radius 3 is 2.76 bits per heavy atom. The molecular formula is C14H24N2O3S2. The highest BCUT2D eigenvalue weighted by Crippen LogP contribution is 2.27. The average molecular weight is 332 g/mol. The molecule has 0 spiro atoms. The van der Waals surface area contributed by atoms with E-state index in [2.05, 4.69) is 12.2 Å². The molecule has 1 aromatic rings. The van der Waals surface area contributed by atoms with Gasteiger partial charge in [-0.3, -0.25) is 0 Å². The molecule has 120 valence electrons. The Morgan fingerprint density at radius 2 is 2.14 bits per heavy atom. The second kappa shape index (κ2) is 7.69. The van der Waals surface area contributed by atoms with Gasteiger partial charge in [0.15, 0.2) is 0 Å². The highest BCUT2D eigenvalue weighted by Gasteiger charge is 2.31. The summed E-state index contributed by atoms with van der Waals surface area (Å²) in [5.74, 6) is 0. The maximum atomic E-state index is 12.8. The number of ether oxygens (including phenoxy) is 1. The molecular weight excluding hydrogens is 308 g/mol. The quantitative estimate of drug-likeness (QED) is 0.777. The van der Waals surface area contributed by atoms with Crippen LogP contribution in [0.4, 0.5) is 0 Å². The van der Waals surface area contributed by atoms with E-state index in [9.17, 15) is 8.42 Å². The zero-order valence-corrected chi connectivity index (χ0v) is 14.3. The fourth-order valence-electron chi connectivity index (χ4n) is 2.51. The standard InChI is InChI=1S/C14H24N2O3S2/c1-3-7-15-11-13-14(6-10-20-13)21(17,18)16-8-4-12(19-2)5-9-16/h6,10,12,15H,3-5,7-9,11H2,1-2H3. The molecule has 2 rings (SSSR count). The van der Waals surface area contributed by atoms with E-state index in [1.165, 1.54) is 11.3 Å². The second-order valence-electron chi connectivity index (χ2n) is 5.22. The van der Waals surface area contributed by atoms with E-state index in [4.69, 9.17) is 4.74 Å². The first-order chi connectivity index (χ1) is 10.1. The van der Waals surface area contributed by atoms with E-state index in [-0.39, 0.29) is 6.10 Å². The average Bonchev–Trinajstić information content (AvgIpc) is 2.97. The maximum Gasteiger partial charge on any atom is 0.244 e. The smallest absolute Gasteiger partial charge is 0.244 e. The minimum atomic E-state index is -3.37. The zero-order valence-electron chi connectivity index (χ0n) is 12.7. The van der Waals surface area contributed by atoms with Crippen molar-refractivity contribution in [3.05, 3.63) is 16.3 Å². The van der Waals surface area contributed by atoms with Gasteiger partial charge in [0.2, 0.25) is 10.0 Å². The van der Waals surface area contributed by atoms with E-state index in [0.717, 1.165) is 30.7 Å². The van der Waals surface area contributed by atoms with E-state index in [1.807, 2.05) is 5.38 Å². The third-order valence-corrected chi connectivity index (χ3v) is 6.80. The minimum absolute atomic E-state index is 0.185. The number of sulfonamides is 1. The van der Waals surface area contributed by atoms with Crippen molar-refractivity contribution in [1.82, 2.24) is 9.62 Å². The molecule has 7 heteroatoms. The Morgan fingerprint density at radius 1 is 1.43 bits per heavy atom. The molecule has 1 aliphatic rings. The number of hydrogen-bond acceptors (Lipinski definition) is 5. The summed E-state index contributed by atoms with van der Waals surface area (Å²) in [6, 6.07) is 1.73. The van der Waals surface area contributed by atoms with Crippen LogP contribution in [0, 0.1) is 0 Å². The van der Waals surface area contributed by atoms with Crippen molar-refractivity contribution in [3.8, 4) is 0 Å². The fourth-order valence-corrected chi connectivity index (χ4v) is 5.37. The van der Waals surface area contributed by atoms with Crippen LogP contribution in [0.2, 0.25) is 0 Å². The van der Waals surface area contributed by atoms with Gasteiger partial charge in [-0.05, 0) is 37.3 Å². The molecule has 1 fully saturated rings. The lowest BCUT2D eigenvalue weighted by Gasteiger charge is -2.30. The second-order valence-corrected chi connectivity index (χ2v) is 8.13. The predicted molar refractivity (Wildman–Crippen MR) is 85.1 cm³/mol. The zero-order chi connectivity index (χ0) is 15.3. The van der Waals surface area contributed by atoms with Gasteiger partial charge in [0.25, 0.3) is 0 Å². The highest BCUT2D eigenvalue weighted by atomic mass is 32.2. The Kier molecular flexibility index (Phi) is 6.19. The van der Waals surface area contributed by atoms with Crippen LogP contribution in [0.15, 0.2) is 16.3 Å². The molecule has 0 bridgehead atoms. The summed E-state index contributed by atoms with van der Waals surface area (Å²) in [4.78, 5) is 1.37.